The first-order chi connectivity index (χ1) is 14.9. The highest BCUT2D eigenvalue weighted by Gasteiger charge is 2.30. The fraction of sp³-hybridized carbons (Fsp3) is 0.143. The molecule has 0 saturated carbocycles. The predicted octanol–water partition coefficient (Wildman–Crippen LogP) is 3.96. The molecule has 3 aromatic rings. The number of fused-ring (bicyclic) bond motifs is 1. The van der Waals surface area contributed by atoms with Crippen LogP contribution in [0.1, 0.15) is 21.6 Å². The van der Waals surface area contributed by atoms with Gasteiger partial charge in [-0.3, -0.25) is 4.68 Å². The zero-order chi connectivity index (χ0) is 22.1. The summed E-state index contributed by atoms with van der Waals surface area (Å²) in [6.07, 6.45) is 0. The molecular formula is C21H15ClFN5O3. The Kier molecular flexibility index (Phi) is 5.31. The second kappa shape index (κ2) is 8.08. The largest absolute Gasteiger partial charge is 0.478 e. The standard InChI is InChI=1S/C21H15ClFN5O3/c22-15-9-13(3-6-16(15)23)19-18(20(29)30)17-11-27(7-8-28(17)26-19)21(31)25-14-4-1-12(10-24)2-5-14/h1-6,9H,7-8,11H2,(H,25,31)(H,29,30). The van der Waals surface area contributed by atoms with E-state index in [0.29, 0.717) is 35.6 Å². The number of anilines is 1. The molecule has 2 amide bonds. The van der Waals surface area contributed by atoms with Gasteiger partial charge in [0.2, 0.25) is 0 Å². The Morgan fingerprint density at radius 2 is 1.94 bits per heavy atom. The first-order valence-corrected chi connectivity index (χ1v) is 9.59. The summed E-state index contributed by atoms with van der Waals surface area (Å²) in [5.74, 6) is -1.82. The lowest BCUT2D eigenvalue weighted by Crippen LogP contribution is -2.41. The maximum Gasteiger partial charge on any atom is 0.339 e. The van der Waals surface area contributed by atoms with Gasteiger partial charge in [-0.15, -0.1) is 0 Å². The number of hydrogen-bond acceptors (Lipinski definition) is 4. The average molecular weight is 440 g/mol. The van der Waals surface area contributed by atoms with E-state index in [-0.39, 0.29) is 22.8 Å². The van der Waals surface area contributed by atoms with Crippen molar-refractivity contribution in [3.63, 3.8) is 0 Å². The summed E-state index contributed by atoms with van der Waals surface area (Å²) in [4.78, 5) is 26.2. The van der Waals surface area contributed by atoms with Gasteiger partial charge in [0.05, 0.1) is 35.4 Å². The van der Waals surface area contributed by atoms with E-state index >= 15 is 0 Å². The summed E-state index contributed by atoms with van der Waals surface area (Å²) < 4.78 is 15.1. The molecule has 156 valence electrons. The molecule has 31 heavy (non-hydrogen) atoms. The molecule has 0 bridgehead atoms. The minimum Gasteiger partial charge on any atom is -0.478 e. The number of amides is 2. The average Bonchev–Trinajstić information content (AvgIpc) is 3.15. The smallest absolute Gasteiger partial charge is 0.339 e. The highest BCUT2D eigenvalue weighted by atomic mass is 35.5. The van der Waals surface area contributed by atoms with Crippen molar-refractivity contribution in [2.24, 2.45) is 0 Å². The SMILES string of the molecule is N#Cc1ccc(NC(=O)N2CCn3nc(-c4ccc(F)c(Cl)c4)c(C(=O)O)c3C2)cc1. The van der Waals surface area contributed by atoms with Crippen LogP contribution in [0.25, 0.3) is 11.3 Å². The van der Waals surface area contributed by atoms with E-state index in [1.165, 1.54) is 17.0 Å². The van der Waals surface area contributed by atoms with Crippen LogP contribution in [0, 0.1) is 17.1 Å². The van der Waals surface area contributed by atoms with Gasteiger partial charge in [-0.2, -0.15) is 10.4 Å². The van der Waals surface area contributed by atoms with Gasteiger partial charge in [0.25, 0.3) is 0 Å². The lowest BCUT2D eigenvalue weighted by molar-refractivity contribution is 0.0694. The van der Waals surface area contributed by atoms with Crippen molar-refractivity contribution in [3.05, 3.63) is 70.1 Å². The molecule has 0 spiro atoms. The lowest BCUT2D eigenvalue weighted by Gasteiger charge is -2.28. The number of carbonyl (C=O) groups excluding carboxylic acids is 1. The van der Waals surface area contributed by atoms with Crippen molar-refractivity contribution in [2.45, 2.75) is 13.1 Å². The Morgan fingerprint density at radius 3 is 2.58 bits per heavy atom. The van der Waals surface area contributed by atoms with Crippen LogP contribution < -0.4 is 5.32 Å². The molecular weight excluding hydrogens is 425 g/mol. The zero-order valence-electron chi connectivity index (χ0n) is 16.0. The minimum absolute atomic E-state index is 0.0334. The first kappa shape index (κ1) is 20.4. The second-order valence-electron chi connectivity index (χ2n) is 6.87. The minimum atomic E-state index is -1.20. The van der Waals surface area contributed by atoms with Gasteiger partial charge in [0.15, 0.2) is 0 Å². The van der Waals surface area contributed by atoms with Crippen LogP contribution >= 0.6 is 11.6 Å². The number of carboxylic acid groups (broad SMARTS) is 1. The molecule has 10 heteroatoms. The van der Waals surface area contributed by atoms with Crippen molar-refractivity contribution < 1.29 is 19.1 Å². The number of benzene rings is 2. The van der Waals surface area contributed by atoms with E-state index in [1.54, 1.807) is 28.9 Å². The van der Waals surface area contributed by atoms with E-state index in [0.717, 1.165) is 6.07 Å². The Bertz CT molecular complexity index is 1230. The summed E-state index contributed by atoms with van der Waals surface area (Å²) in [7, 11) is 0. The number of rotatable bonds is 3. The number of aromatic nitrogens is 2. The molecule has 0 atom stereocenters. The van der Waals surface area contributed by atoms with Gasteiger partial charge >= 0.3 is 12.0 Å². The van der Waals surface area contributed by atoms with E-state index in [2.05, 4.69) is 10.4 Å². The molecule has 1 aromatic heterocycles. The Morgan fingerprint density at radius 1 is 1.19 bits per heavy atom. The Labute approximate surface area is 181 Å². The third kappa shape index (κ3) is 3.93. The van der Waals surface area contributed by atoms with Gasteiger partial charge in [-0.05, 0) is 42.5 Å². The maximum absolute atomic E-state index is 13.5. The molecule has 0 radical (unpaired) electrons. The number of urea groups is 1. The maximum atomic E-state index is 13.5. The third-order valence-corrected chi connectivity index (χ3v) is 5.23. The molecule has 2 N–H and O–H groups in total. The van der Waals surface area contributed by atoms with Crippen molar-refractivity contribution in [3.8, 4) is 17.3 Å². The fourth-order valence-electron chi connectivity index (χ4n) is 3.39. The number of nitriles is 1. The van der Waals surface area contributed by atoms with Crippen LogP contribution in [-0.2, 0) is 13.1 Å². The summed E-state index contributed by atoms with van der Waals surface area (Å²) in [6, 6.07) is 11.9. The number of halogens is 2. The highest BCUT2D eigenvalue weighted by molar-refractivity contribution is 6.31. The molecule has 2 aromatic carbocycles. The second-order valence-corrected chi connectivity index (χ2v) is 7.28. The van der Waals surface area contributed by atoms with E-state index in [4.69, 9.17) is 16.9 Å². The number of aromatic carboxylic acids is 1. The van der Waals surface area contributed by atoms with E-state index in [9.17, 15) is 19.1 Å². The highest BCUT2D eigenvalue weighted by Crippen LogP contribution is 2.31. The van der Waals surface area contributed by atoms with Crippen molar-refractivity contribution in [1.29, 1.82) is 5.26 Å². The van der Waals surface area contributed by atoms with Crippen molar-refractivity contribution in [1.82, 2.24) is 14.7 Å². The fourth-order valence-corrected chi connectivity index (χ4v) is 3.57. The molecule has 4 rings (SSSR count). The van der Waals surface area contributed by atoms with Gasteiger partial charge in [-0.1, -0.05) is 11.6 Å². The molecule has 0 fully saturated rings. The van der Waals surface area contributed by atoms with Crippen LogP contribution in [0.4, 0.5) is 14.9 Å². The third-order valence-electron chi connectivity index (χ3n) is 4.94. The first-order valence-electron chi connectivity index (χ1n) is 9.22. The van der Waals surface area contributed by atoms with Crippen LogP contribution in [0.15, 0.2) is 42.5 Å². The summed E-state index contributed by atoms with van der Waals surface area (Å²) in [5.41, 5.74) is 1.84. The number of nitrogens with zero attached hydrogens (tertiary/aromatic N) is 4. The molecule has 0 saturated heterocycles. The van der Waals surface area contributed by atoms with Crippen LogP contribution in [-0.4, -0.2) is 38.3 Å². The monoisotopic (exact) mass is 439 g/mol. The Balaban J connectivity index is 1.61. The van der Waals surface area contributed by atoms with Gasteiger partial charge in [-0.25, -0.2) is 14.0 Å². The van der Waals surface area contributed by atoms with Crippen molar-refractivity contribution in [2.75, 3.05) is 11.9 Å². The van der Waals surface area contributed by atoms with Gasteiger partial charge in [0, 0.05) is 17.8 Å². The number of nitrogens with one attached hydrogen (secondary N) is 1. The topological polar surface area (TPSA) is 111 Å². The normalized spacial score (nSPS) is 12.7. The van der Waals surface area contributed by atoms with Crippen molar-refractivity contribution >= 4 is 29.3 Å². The molecule has 0 unspecified atom stereocenters. The number of carbonyl (C=O) groups is 2. The van der Waals surface area contributed by atoms with Crippen LogP contribution in [0.5, 0.6) is 0 Å². The van der Waals surface area contributed by atoms with Crippen LogP contribution in [0.3, 0.4) is 0 Å². The lowest BCUT2D eigenvalue weighted by atomic mass is 10.0. The summed E-state index contributed by atoms with van der Waals surface area (Å²) >= 11 is 5.85. The number of hydrogen-bond donors (Lipinski definition) is 2. The van der Waals surface area contributed by atoms with Gasteiger partial charge < -0.3 is 15.3 Å². The molecule has 1 aliphatic heterocycles. The molecule has 8 nitrogen and oxygen atoms in total. The van der Waals surface area contributed by atoms with Gasteiger partial charge in [0.1, 0.15) is 17.1 Å². The molecule has 0 aliphatic carbocycles. The number of carboxylic acids is 1. The Hall–Kier alpha value is -3.90. The molecule has 1 aliphatic rings. The van der Waals surface area contributed by atoms with E-state index < -0.39 is 17.8 Å². The predicted molar refractivity (Wildman–Crippen MR) is 110 cm³/mol. The molecule has 2 heterocycles. The quantitative estimate of drug-likeness (QED) is 0.641. The van der Waals surface area contributed by atoms with E-state index in [1.807, 2.05) is 6.07 Å². The zero-order valence-corrected chi connectivity index (χ0v) is 16.7. The summed E-state index contributed by atoms with van der Waals surface area (Å²) in [5, 5.41) is 25.6. The van der Waals surface area contributed by atoms with Crippen LogP contribution in [0.2, 0.25) is 5.02 Å². The summed E-state index contributed by atoms with van der Waals surface area (Å²) in [6.45, 7) is 0.649.